The molecule has 1 aliphatic carbocycles. The Kier molecular flexibility index (Phi) is 3.59. The molecule has 1 aromatic rings. The Morgan fingerprint density at radius 1 is 1.25 bits per heavy atom. The van der Waals surface area contributed by atoms with Crippen LogP contribution >= 0.6 is 0 Å². The van der Waals surface area contributed by atoms with Crippen molar-refractivity contribution in [2.24, 2.45) is 5.90 Å². The molecule has 1 aliphatic rings. The maximum absolute atomic E-state index is 10.4. The first-order chi connectivity index (χ1) is 7.72. The summed E-state index contributed by atoms with van der Waals surface area (Å²) in [4.78, 5) is 4.82. The van der Waals surface area contributed by atoms with Crippen LogP contribution in [0, 0.1) is 0 Å². The molecule has 1 fully saturated rings. The molecule has 1 saturated carbocycles. The van der Waals surface area contributed by atoms with Crippen LogP contribution in [0.25, 0.3) is 0 Å². The molecule has 0 aromatic heterocycles. The van der Waals surface area contributed by atoms with Gasteiger partial charge in [-0.3, -0.25) is 0 Å². The maximum atomic E-state index is 10.4. The summed E-state index contributed by atoms with van der Waals surface area (Å²) in [6.07, 6.45) is 4.08. The van der Waals surface area contributed by atoms with E-state index in [0.29, 0.717) is 0 Å². The van der Waals surface area contributed by atoms with Crippen molar-refractivity contribution in [2.75, 3.05) is 0 Å². The Hall–Kier alpha value is -0.900. The molecule has 16 heavy (non-hydrogen) atoms. The van der Waals surface area contributed by atoms with Gasteiger partial charge in [-0.2, -0.15) is 0 Å². The number of hydrogen-bond acceptors (Lipinski definition) is 3. The van der Waals surface area contributed by atoms with Crippen LogP contribution in [0.4, 0.5) is 0 Å². The van der Waals surface area contributed by atoms with E-state index in [9.17, 15) is 5.11 Å². The van der Waals surface area contributed by atoms with Crippen molar-refractivity contribution in [1.82, 2.24) is 0 Å². The highest BCUT2D eigenvalue weighted by Gasteiger charge is 2.33. The molecule has 3 N–H and O–H groups in total. The summed E-state index contributed by atoms with van der Waals surface area (Å²) in [7, 11) is 0. The van der Waals surface area contributed by atoms with E-state index in [1.54, 1.807) is 0 Å². The molecule has 0 unspecified atom stereocenters. The molecule has 0 bridgehead atoms. The fraction of sp³-hybridized carbons (Fsp3) is 0.538. The van der Waals surface area contributed by atoms with E-state index in [1.807, 2.05) is 18.2 Å². The zero-order valence-corrected chi connectivity index (χ0v) is 9.43. The van der Waals surface area contributed by atoms with Crippen molar-refractivity contribution < 1.29 is 9.94 Å². The lowest BCUT2D eigenvalue weighted by Crippen LogP contribution is -2.39. The van der Waals surface area contributed by atoms with Crippen LogP contribution in [0.15, 0.2) is 30.3 Å². The van der Waals surface area contributed by atoms with Gasteiger partial charge < -0.3 is 9.94 Å². The molecule has 3 heteroatoms. The van der Waals surface area contributed by atoms with Crippen LogP contribution in [0.3, 0.4) is 0 Å². The normalized spacial score (nSPS) is 30.2. The minimum absolute atomic E-state index is 0.121. The van der Waals surface area contributed by atoms with E-state index >= 15 is 0 Å². The quantitative estimate of drug-likeness (QED) is 0.765. The zero-order chi connectivity index (χ0) is 11.4. The monoisotopic (exact) mass is 221 g/mol. The lowest BCUT2D eigenvalue weighted by Gasteiger charge is -2.35. The summed E-state index contributed by atoms with van der Waals surface area (Å²) in [6.45, 7) is 0. The highest BCUT2D eigenvalue weighted by atomic mass is 16.6. The second-order valence-corrected chi connectivity index (χ2v) is 4.72. The molecule has 0 amide bonds. The first kappa shape index (κ1) is 11.6. The first-order valence-corrected chi connectivity index (χ1v) is 5.84. The number of nitrogens with two attached hydrogens (primary N) is 1. The summed E-state index contributed by atoms with van der Waals surface area (Å²) in [5, 5.41) is 10.4. The predicted molar refractivity (Wildman–Crippen MR) is 62.6 cm³/mol. The predicted octanol–water partition coefficient (Wildman–Crippen LogP) is 1.79. The highest BCUT2D eigenvalue weighted by Crippen LogP contribution is 2.32. The van der Waals surface area contributed by atoms with E-state index in [1.165, 1.54) is 5.56 Å². The third-order valence-corrected chi connectivity index (χ3v) is 3.43. The molecule has 0 atom stereocenters. The van der Waals surface area contributed by atoms with Crippen LogP contribution in [-0.4, -0.2) is 16.8 Å². The van der Waals surface area contributed by atoms with Gasteiger partial charge in [-0.15, -0.1) is 0 Å². The lowest BCUT2D eigenvalue weighted by molar-refractivity contribution is -0.0561. The molecule has 3 nitrogen and oxygen atoms in total. The SMILES string of the molecule is NOC1CCC(O)(Cc2ccccc2)CC1. The van der Waals surface area contributed by atoms with Gasteiger partial charge in [0.05, 0.1) is 11.7 Å². The number of rotatable bonds is 3. The maximum Gasteiger partial charge on any atom is 0.0789 e. The van der Waals surface area contributed by atoms with Gasteiger partial charge in [-0.25, -0.2) is 5.90 Å². The number of benzene rings is 1. The van der Waals surface area contributed by atoms with Crippen LogP contribution in [0.5, 0.6) is 0 Å². The molecule has 0 saturated heterocycles. The molecule has 2 rings (SSSR count). The minimum Gasteiger partial charge on any atom is -0.390 e. The Bertz CT molecular complexity index is 318. The van der Waals surface area contributed by atoms with Gasteiger partial charge in [-0.1, -0.05) is 30.3 Å². The molecule has 0 aliphatic heterocycles. The van der Waals surface area contributed by atoms with Crippen molar-refractivity contribution in [1.29, 1.82) is 0 Å². The van der Waals surface area contributed by atoms with E-state index in [0.717, 1.165) is 32.1 Å². The Labute approximate surface area is 96.2 Å². The second-order valence-electron chi connectivity index (χ2n) is 4.72. The van der Waals surface area contributed by atoms with E-state index in [-0.39, 0.29) is 6.10 Å². The van der Waals surface area contributed by atoms with Crippen LogP contribution in [0.2, 0.25) is 0 Å². The Morgan fingerprint density at radius 3 is 2.44 bits per heavy atom. The van der Waals surface area contributed by atoms with Gasteiger partial charge in [0.25, 0.3) is 0 Å². The third-order valence-electron chi connectivity index (χ3n) is 3.43. The van der Waals surface area contributed by atoms with Crippen molar-refractivity contribution in [3.05, 3.63) is 35.9 Å². The van der Waals surface area contributed by atoms with Crippen molar-refractivity contribution >= 4 is 0 Å². The Balaban J connectivity index is 1.95. The standard InChI is InChI=1S/C13H19NO2/c14-16-12-6-8-13(15,9-7-12)10-11-4-2-1-3-5-11/h1-5,12,15H,6-10,14H2. The molecular formula is C13H19NO2. The minimum atomic E-state index is -0.573. The van der Waals surface area contributed by atoms with Crippen LogP contribution < -0.4 is 5.90 Å². The molecule has 1 aromatic carbocycles. The zero-order valence-electron chi connectivity index (χ0n) is 9.43. The molecule has 0 heterocycles. The number of hydrogen-bond donors (Lipinski definition) is 2. The highest BCUT2D eigenvalue weighted by molar-refractivity contribution is 5.17. The molecule has 0 spiro atoms. The summed E-state index contributed by atoms with van der Waals surface area (Å²) in [5.41, 5.74) is 0.619. The van der Waals surface area contributed by atoms with E-state index in [4.69, 9.17) is 10.7 Å². The van der Waals surface area contributed by atoms with Gasteiger partial charge in [0.15, 0.2) is 0 Å². The molecule has 88 valence electrons. The smallest absolute Gasteiger partial charge is 0.0789 e. The van der Waals surface area contributed by atoms with Gasteiger partial charge in [0, 0.05) is 6.42 Å². The van der Waals surface area contributed by atoms with Crippen molar-refractivity contribution in [2.45, 2.75) is 43.8 Å². The summed E-state index contributed by atoms with van der Waals surface area (Å²) < 4.78 is 0. The summed E-state index contributed by atoms with van der Waals surface area (Å²) >= 11 is 0. The fourth-order valence-corrected chi connectivity index (χ4v) is 2.42. The van der Waals surface area contributed by atoms with E-state index in [2.05, 4.69) is 12.1 Å². The Morgan fingerprint density at radius 2 is 1.88 bits per heavy atom. The van der Waals surface area contributed by atoms with Crippen molar-refractivity contribution in [3.63, 3.8) is 0 Å². The summed E-state index contributed by atoms with van der Waals surface area (Å²) in [5.74, 6) is 5.16. The fourth-order valence-electron chi connectivity index (χ4n) is 2.42. The number of aliphatic hydroxyl groups is 1. The van der Waals surface area contributed by atoms with Gasteiger partial charge >= 0.3 is 0 Å². The van der Waals surface area contributed by atoms with Gasteiger partial charge in [-0.05, 0) is 31.2 Å². The van der Waals surface area contributed by atoms with Gasteiger partial charge in [0.2, 0.25) is 0 Å². The summed E-state index contributed by atoms with van der Waals surface area (Å²) in [6, 6.07) is 10.1. The second kappa shape index (κ2) is 4.95. The largest absolute Gasteiger partial charge is 0.390 e. The first-order valence-electron chi connectivity index (χ1n) is 5.84. The lowest BCUT2D eigenvalue weighted by atomic mass is 9.79. The van der Waals surface area contributed by atoms with Crippen LogP contribution in [-0.2, 0) is 11.3 Å². The molecule has 0 radical (unpaired) electrons. The van der Waals surface area contributed by atoms with Crippen molar-refractivity contribution in [3.8, 4) is 0 Å². The van der Waals surface area contributed by atoms with Crippen LogP contribution in [0.1, 0.15) is 31.2 Å². The third kappa shape index (κ3) is 2.82. The van der Waals surface area contributed by atoms with E-state index < -0.39 is 5.60 Å². The average Bonchev–Trinajstić information content (AvgIpc) is 2.31. The average molecular weight is 221 g/mol. The topological polar surface area (TPSA) is 55.5 Å². The molecular weight excluding hydrogens is 202 g/mol. The van der Waals surface area contributed by atoms with Gasteiger partial charge in [0.1, 0.15) is 0 Å².